The van der Waals surface area contributed by atoms with Crippen LogP contribution in [0.5, 0.6) is 0 Å². The molecule has 0 saturated heterocycles. The molecule has 14 heteroatoms. The molecule has 6 atom stereocenters. The van der Waals surface area contributed by atoms with Crippen LogP contribution in [0, 0.1) is 23.7 Å². The number of hydrogen-bond donors (Lipinski definition) is 7. The van der Waals surface area contributed by atoms with Crippen LogP contribution in [-0.4, -0.2) is 101 Å². The summed E-state index contributed by atoms with van der Waals surface area (Å²) in [5.74, 6) is -2.54. The minimum Gasteiger partial charge on any atom is -0.444 e. The van der Waals surface area contributed by atoms with Gasteiger partial charge in [-0.2, -0.15) is 11.8 Å². The van der Waals surface area contributed by atoms with Gasteiger partial charge in [-0.3, -0.25) is 19.2 Å². The molecule has 0 spiro atoms. The van der Waals surface area contributed by atoms with Gasteiger partial charge >= 0.3 is 6.09 Å². The largest absolute Gasteiger partial charge is 0.444 e. The number of carbonyl (C=O) groups excluding carboxylic acids is 5. The van der Waals surface area contributed by atoms with Crippen molar-refractivity contribution in [3.05, 3.63) is 0 Å². The number of nitrogens with one attached hydrogen (secondary N) is 5. The van der Waals surface area contributed by atoms with Gasteiger partial charge in [0.1, 0.15) is 23.7 Å². The molecule has 0 bridgehead atoms. The van der Waals surface area contributed by atoms with Crippen LogP contribution in [0.3, 0.4) is 0 Å². The molecule has 13 nitrogen and oxygen atoms in total. The van der Waals surface area contributed by atoms with Crippen LogP contribution in [0.25, 0.3) is 0 Å². The van der Waals surface area contributed by atoms with E-state index in [1.165, 1.54) is 11.8 Å². The molecule has 0 aliphatic heterocycles. The summed E-state index contributed by atoms with van der Waals surface area (Å²) in [4.78, 5) is 65.3. The number of alkyl carbamates (subject to hydrolysis) is 1. The van der Waals surface area contributed by atoms with Gasteiger partial charge in [-0.15, -0.1) is 0 Å². The standard InChI is InChI=1S/C33H63N5O8S/c1-12-34-30(43)26(20(4)5)37-28(41)22(13-15-39)18-25(40)24(17-19(2)3)36-29(42)23(14-16-47-11)35-31(44)27(21(6)7)38-32(45)46-33(8,9)10/h19-27,39-40H,12-18H2,1-11H3,(H,34,43)(H,35,44)(H,36,42)(H,37,41)(H,38,45)/t22-,23+,24+,25+,26+,27+/m1/s1. The molecule has 0 fully saturated rings. The molecule has 0 aromatic heterocycles. The Morgan fingerprint density at radius 1 is 0.766 bits per heavy atom. The lowest BCUT2D eigenvalue weighted by molar-refractivity contribution is -0.133. The van der Waals surface area contributed by atoms with Crippen molar-refractivity contribution < 1.29 is 38.9 Å². The van der Waals surface area contributed by atoms with Crippen molar-refractivity contribution in [3.8, 4) is 0 Å². The zero-order valence-corrected chi connectivity index (χ0v) is 31.2. The normalized spacial score (nSPS) is 15.7. The first-order valence-electron chi connectivity index (χ1n) is 16.7. The number of likely N-dealkylation sites (N-methyl/N-ethyl adjacent to an activating group) is 1. The van der Waals surface area contributed by atoms with E-state index in [1.807, 2.05) is 34.0 Å². The molecule has 0 aromatic rings. The van der Waals surface area contributed by atoms with Crippen molar-refractivity contribution in [3.63, 3.8) is 0 Å². The van der Waals surface area contributed by atoms with Crippen molar-refractivity contribution in [2.24, 2.45) is 23.7 Å². The van der Waals surface area contributed by atoms with E-state index >= 15 is 0 Å². The number of rotatable bonds is 21. The Morgan fingerprint density at radius 3 is 1.81 bits per heavy atom. The summed E-state index contributed by atoms with van der Waals surface area (Å²) in [5.41, 5.74) is -0.758. The summed E-state index contributed by atoms with van der Waals surface area (Å²) >= 11 is 1.50. The molecule has 5 amide bonds. The van der Waals surface area contributed by atoms with E-state index in [9.17, 15) is 34.2 Å². The fraction of sp³-hybridized carbons (Fsp3) is 0.848. The van der Waals surface area contributed by atoms with E-state index in [1.54, 1.807) is 41.5 Å². The van der Waals surface area contributed by atoms with E-state index in [2.05, 4.69) is 26.6 Å². The summed E-state index contributed by atoms with van der Waals surface area (Å²) in [6.45, 7) is 18.1. The zero-order chi connectivity index (χ0) is 36.5. The van der Waals surface area contributed by atoms with Crippen LogP contribution < -0.4 is 26.6 Å². The van der Waals surface area contributed by atoms with Crippen LogP contribution in [0.15, 0.2) is 0 Å². The first kappa shape index (κ1) is 44.4. The maximum atomic E-state index is 13.7. The Hall–Kier alpha value is -2.58. The summed E-state index contributed by atoms with van der Waals surface area (Å²) in [6.07, 6.45) is 0.632. The van der Waals surface area contributed by atoms with E-state index < -0.39 is 65.6 Å². The summed E-state index contributed by atoms with van der Waals surface area (Å²) in [6, 6.07) is -3.47. The highest BCUT2D eigenvalue weighted by atomic mass is 32.2. The third-order valence-corrected chi connectivity index (χ3v) is 8.00. The van der Waals surface area contributed by atoms with Gasteiger partial charge in [-0.05, 0) is 83.1 Å². The van der Waals surface area contributed by atoms with Crippen molar-refractivity contribution in [2.75, 3.05) is 25.2 Å². The summed E-state index contributed by atoms with van der Waals surface area (Å²) < 4.78 is 5.32. The SMILES string of the molecule is CCNC(=O)[C@@H](NC(=O)[C@H](CCO)C[C@H](O)[C@H](CC(C)C)NC(=O)[C@H](CCSC)NC(=O)[C@@H](NC(=O)OC(C)(C)C)C(C)C)C(C)C. The average Bonchev–Trinajstić information content (AvgIpc) is 2.94. The summed E-state index contributed by atoms with van der Waals surface area (Å²) in [7, 11) is 0. The lowest BCUT2D eigenvalue weighted by Crippen LogP contribution is -2.58. The first-order chi connectivity index (χ1) is 21.8. The average molecular weight is 690 g/mol. The van der Waals surface area contributed by atoms with Gasteiger partial charge in [0.15, 0.2) is 0 Å². The van der Waals surface area contributed by atoms with Crippen LogP contribution in [0.4, 0.5) is 4.79 Å². The van der Waals surface area contributed by atoms with Crippen LogP contribution >= 0.6 is 11.8 Å². The van der Waals surface area contributed by atoms with Crippen LogP contribution in [0.2, 0.25) is 0 Å². The molecule has 0 aliphatic rings. The number of hydrogen-bond acceptors (Lipinski definition) is 9. The fourth-order valence-electron chi connectivity index (χ4n) is 4.90. The predicted molar refractivity (Wildman–Crippen MR) is 186 cm³/mol. The highest BCUT2D eigenvalue weighted by Crippen LogP contribution is 2.20. The highest BCUT2D eigenvalue weighted by molar-refractivity contribution is 7.98. The quantitative estimate of drug-likeness (QED) is 0.0947. The Kier molecular flexibility index (Phi) is 20.9. The third kappa shape index (κ3) is 18.0. The molecule has 0 rings (SSSR count). The minimum absolute atomic E-state index is 0.0547. The maximum Gasteiger partial charge on any atom is 0.408 e. The van der Waals surface area contributed by atoms with Crippen molar-refractivity contribution in [1.82, 2.24) is 26.6 Å². The van der Waals surface area contributed by atoms with Crippen LogP contribution in [-0.2, 0) is 23.9 Å². The van der Waals surface area contributed by atoms with Crippen LogP contribution in [0.1, 0.15) is 94.9 Å². The van der Waals surface area contributed by atoms with Gasteiger partial charge in [0.25, 0.3) is 0 Å². The molecule has 0 saturated carbocycles. The molecular weight excluding hydrogens is 626 g/mol. The van der Waals surface area contributed by atoms with Gasteiger partial charge in [0, 0.05) is 19.1 Å². The Morgan fingerprint density at radius 2 is 1.34 bits per heavy atom. The lowest BCUT2D eigenvalue weighted by atomic mass is 9.89. The predicted octanol–water partition coefficient (Wildman–Crippen LogP) is 2.33. The smallest absolute Gasteiger partial charge is 0.408 e. The molecular formula is C33H63N5O8S. The molecule has 47 heavy (non-hydrogen) atoms. The molecule has 0 heterocycles. The topological polar surface area (TPSA) is 195 Å². The second-order valence-electron chi connectivity index (χ2n) is 14.1. The van der Waals surface area contributed by atoms with Crippen molar-refractivity contribution in [1.29, 1.82) is 0 Å². The van der Waals surface area contributed by atoms with E-state index in [0.29, 0.717) is 25.1 Å². The van der Waals surface area contributed by atoms with Gasteiger partial charge in [0.2, 0.25) is 23.6 Å². The first-order valence-corrected chi connectivity index (χ1v) is 18.1. The lowest BCUT2D eigenvalue weighted by Gasteiger charge is -2.31. The number of aliphatic hydroxyl groups excluding tert-OH is 2. The number of amides is 5. The Balaban J connectivity index is 5.97. The fourth-order valence-corrected chi connectivity index (χ4v) is 5.37. The van der Waals surface area contributed by atoms with Crippen molar-refractivity contribution >= 4 is 41.5 Å². The second kappa shape index (κ2) is 22.1. The van der Waals surface area contributed by atoms with Gasteiger partial charge in [-0.25, -0.2) is 4.79 Å². The molecule has 0 aromatic carbocycles. The second-order valence-corrected chi connectivity index (χ2v) is 15.1. The molecule has 274 valence electrons. The Bertz CT molecular complexity index is 989. The maximum absolute atomic E-state index is 13.7. The van der Waals surface area contributed by atoms with Gasteiger partial charge < -0.3 is 41.5 Å². The molecule has 0 aliphatic carbocycles. The number of aliphatic hydroxyl groups is 2. The van der Waals surface area contributed by atoms with Crippen molar-refractivity contribution in [2.45, 2.75) is 131 Å². The molecule has 0 unspecified atom stereocenters. The zero-order valence-electron chi connectivity index (χ0n) is 30.4. The summed E-state index contributed by atoms with van der Waals surface area (Å²) in [5, 5.41) is 34.9. The third-order valence-electron chi connectivity index (χ3n) is 7.35. The minimum atomic E-state index is -1.17. The van der Waals surface area contributed by atoms with E-state index in [0.717, 1.165) is 0 Å². The van der Waals surface area contributed by atoms with E-state index in [4.69, 9.17) is 4.74 Å². The monoisotopic (exact) mass is 689 g/mol. The molecule has 7 N–H and O–H groups in total. The number of thioether (sulfide) groups is 1. The number of ether oxygens (including phenoxy) is 1. The molecule has 0 radical (unpaired) electrons. The van der Waals surface area contributed by atoms with E-state index in [-0.39, 0.29) is 43.1 Å². The highest BCUT2D eigenvalue weighted by Gasteiger charge is 2.34. The van der Waals surface area contributed by atoms with Gasteiger partial charge in [0.05, 0.1) is 12.1 Å². The number of carbonyl (C=O) groups is 5. The van der Waals surface area contributed by atoms with Gasteiger partial charge in [-0.1, -0.05) is 41.5 Å². The Labute approximate surface area is 286 Å².